The Kier molecular flexibility index (Phi) is 43.8. The van der Waals surface area contributed by atoms with Gasteiger partial charge in [0.1, 0.15) is 0 Å². The van der Waals surface area contributed by atoms with Crippen molar-refractivity contribution in [1.29, 1.82) is 0 Å². The molecule has 0 unspecified atom stereocenters. The molecule has 4 heteroatoms. The van der Waals surface area contributed by atoms with E-state index in [0.29, 0.717) is 0 Å². The minimum atomic E-state index is 0. The van der Waals surface area contributed by atoms with E-state index < -0.39 is 0 Å². The van der Waals surface area contributed by atoms with Crippen LogP contribution >= 0.6 is 0 Å². The molecule has 2 rings (SSSR count). The average molecular weight is 366 g/mol. The summed E-state index contributed by atoms with van der Waals surface area (Å²) in [5, 5.41) is 11.2. The molecule has 24 heavy (non-hydrogen) atoms. The molecule has 0 aliphatic heterocycles. The van der Waals surface area contributed by atoms with Crippen molar-refractivity contribution in [2.75, 3.05) is 40.8 Å². The van der Waals surface area contributed by atoms with Gasteiger partial charge < -0.3 is 16.0 Å². The molecule has 0 bridgehead atoms. The molecule has 0 spiro atoms. The van der Waals surface area contributed by atoms with E-state index in [2.05, 4.69) is 35.0 Å². The zero-order valence-electron chi connectivity index (χ0n) is 16.7. The van der Waals surface area contributed by atoms with Crippen molar-refractivity contribution in [3.63, 3.8) is 0 Å². The SMILES string of the molecule is CC[N-]C.CC[N-]C.CC[N-]C.C[c-]1cccc1.[Ti].c1cc[cH-]c1. The van der Waals surface area contributed by atoms with Crippen LogP contribution in [0.15, 0.2) is 54.6 Å². The van der Waals surface area contributed by atoms with Crippen LogP contribution < -0.4 is 0 Å². The second kappa shape index (κ2) is 33.8. The maximum atomic E-state index is 3.74. The van der Waals surface area contributed by atoms with Gasteiger partial charge >= 0.3 is 0 Å². The van der Waals surface area contributed by atoms with Crippen molar-refractivity contribution in [3.05, 3.63) is 76.1 Å². The topological polar surface area (TPSA) is 42.3 Å². The normalized spacial score (nSPS) is 7.62. The number of nitrogens with zero attached hydrogens (tertiary/aromatic N) is 3. The molecular formula is C20H36N3Ti-5. The number of hydrogen-bond acceptors (Lipinski definition) is 0. The summed E-state index contributed by atoms with van der Waals surface area (Å²) < 4.78 is 0. The molecule has 140 valence electrons. The van der Waals surface area contributed by atoms with E-state index in [1.807, 2.05) is 63.2 Å². The van der Waals surface area contributed by atoms with Gasteiger partial charge in [0.05, 0.1) is 0 Å². The Bertz CT molecular complexity index is 299. The Hall–Kier alpha value is -0.706. The van der Waals surface area contributed by atoms with Crippen molar-refractivity contribution in [1.82, 2.24) is 0 Å². The molecule has 0 saturated heterocycles. The van der Waals surface area contributed by atoms with E-state index in [1.54, 1.807) is 21.1 Å². The molecule has 2 aromatic carbocycles. The molecule has 0 heterocycles. The van der Waals surface area contributed by atoms with Crippen LogP contribution in [-0.2, 0) is 21.7 Å². The van der Waals surface area contributed by atoms with Gasteiger partial charge in [-0.05, 0) is 0 Å². The van der Waals surface area contributed by atoms with Gasteiger partial charge in [-0.25, -0.2) is 24.3 Å². The maximum Gasteiger partial charge on any atom is 0 e. The predicted molar refractivity (Wildman–Crippen MR) is 108 cm³/mol. The van der Waals surface area contributed by atoms with Gasteiger partial charge in [0, 0.05) is 21.7 Å². The first-order valence-electron chi connectivity index (χ1n) is 8.16. The monoisotopic (exact) mass is 366 g/mol. The van der Waals surface area contributed by atoms with Crippen LogP contribution in [0, 0.1) is 6.92 Å². The first-order chi connectivity index (χ1) is 11.1. The molecule has 0 N–H and O–H groups in total. The van der Waals surface area contributed by atoms with Gasteiger partial charge in [0.2, 0.25) is 0 Å². The largest absolute Gasteiger partial charge is 0.665 e. The summed E-state index contributed by atoms with van der Waals surface area (Å²) in [6.45, 7) is 11.0. The number of rotatable bonds is 3. The number of aryl methyl sites for hydroxylation is 1. The van der Waals surface area contributed by atoms with Gasteiger partial charge in [-0.15, -0.1) is 0 Å². The first kappa shape index (κ1) is 31.1. The summed E-state index contributed by atoms with van der Waals surface area (Å²) in [6, 6.07) is 18.2. The molecule has 0 aliphatic rings. The third-order valence-corrected chi connectivity index (χ3v) is 2.33. The van der Waals surface area contributed by atoms with Crippen molar-refractivity contribution in [3.8, 4) is 0 Å². The smallest absolute Gasteiger partial charge is 0 e. The van der Waals surface area contributed by atoms with Crippen LogP contribution in [0.2, 0.25) is 0 Å². The quantitative estimate of drug-likeness (QED) is 0.462. The third-order valence-electron chi connectivity index (χ3n) is 2.33. The summed E-state index contributed by atoms with van der Waals surface area (Å²) >= 11 is 0. The van der Waals surface area contributed by atoms with Gasteiger partial charge in [-0.1, -0.05) is 27.7 Å². The van der Waals surface area contributed by atoms with Crippen molar-refractivity contribution < 1.29 is 21.7 Å². The van der Waals surface area contributed by atoms with Crippen LogP contribution in [0.1, 0.15) is 26.3 Å². The summed E-state index contributed by atoms with van der Waals surface area (Å²) in [5.74, 6) is 0. The predicted octanol–water partition coefficient (Wildman–Crippen LogP) is 6.15. The Labute approximate surface area is 166 Å². The molecule has 0 aromatic heterocycles. The fourth-order valence-corrected chi connectivity index (χ4v) is 0.791. The molecular weight excluding hydrogens is 330 g/mol. The second-order valence-corrected chi connectivity index (χ2v) is 4.32. The van der Waals surface area contributed by atoms with Gasteiger partial charge in [0.25, 0.3) is 0 Å². The van der Waals surface area contributed by atoms with Crippen LogP contribution in [0.25, 0.3) is 16.0 Å². The fraction of sp³-hybridized carbons (Fsp3) is 0.500. The number of hydrogen-bond donors (Lipinski definition) is 0. The molecule has 0 radical (unpaired) electrons. The van der Waals surface area contributed by atoms with Crippen molar-refractivity contribution in [2.24, 2.45) is 0 Å². The summed E-state index contributed by atoms with van der Waals surface area (Å²) in [6.07, 6.45) is 0. The van der Waals surface area contributed by atoms with E-state index in [-0.39, 0.29) is 21.7 Å². The minimum absolute atomic E-state index is 0. The maximum absolute atomic E-state index is 3.74. The average Bonchev–Trinajstić information content (AvgIpc) is 3.32. The molecule has 3 nitrogen and oxygen atoms in total. The van der Waals surface area contributed by atoms with Crippen LogP contribution in [0.3, 0.4) is 0 Å². The van der Waals surface area contributed by atoms with E-state index in [0.717, 1.165) is 19.6 Å². The first-order valence-corrected chi connectivity index (χ1v) is 8.16. The summed E-state index contributed by atoms with van der Waals surface area (Å²) in [5.41, 5.74) is 1.34. The molecule has 2 aromatic rings. The standard InChI is InChI=1S/C6H7.C5H5.3C3H8N.Ti/c1-6-4-2-3-5-6;1-2-4-5-3-1;3*1-3-4-2;/h2-5H,1H3;1-5H;3*3H2,1-2H3;/q5*-1;. The van der Waals surface area contributed by atoms with E-state index in [4.69, 9.17) is 0 Å². The summed E-state index contributed by atoms with van der Waals surface area (Å²) in [7, 11) is 5.42. The van der Waals surface area contributed by atoms with Crippen molar-refractivity contribution in [2.45, 2.75) is 27.7 Å². The zero-order chi connectivity index (χ0) is 18.2. The van der Waals surface area contributed by atoms with E-state index >= 15 is 0 Å². The van der Waals surface area contributed by atoms with Gasteiger partial charge in [0.15, 0.2) is 0 Å². The Morgan fingerprint density at radius 3 is 1.08 bits per heavy atom. The Morgan fingerprint density at radius 2 is 1.00 bits per heavy atom. The van der Waals surface area contributed by atoms with Gasteiger partial charge in [-0.2, -0.15) is 76.7 Å². The molecule has 0 saturated carbocycles. The van der Waals surface area contributed by atoms with E-state index in [9.17, 15) is 0 Å². The Balaban J connectivity index is -0.000000105. The molecule has 0 amide bonds. The fourth-order valence-electron chi connectivity index (χ4n) is 0.791. The van der Waals surface area contributed by atoms with Crippen LogP contribution in [0.5, 0.6) is 0 Å². The van der Waals surface area contributed by atoms with Crippen molar-refractivity contribution >= 4 is 0 Å². The Morgan fingerprint density at radius 1 is 0.708 bits per heavy atom. The van der Waals surface area contributed by atoms with E-state index in [1.165, 1.54) is 5.56 Å². The molecule has 0 fully saturated rings. The van der Waals surface area contributed by atoms with Gasteiger partial charge in [-0.3, -0.25) is 0 Å². The van der Waals surface area contributed by atoms with Crippen LogP contribution in [0.4, 0.5) is 0 Å². The third kappa shape index (κ3) is 42.9. The summed E-state index contributed by atoms with van der Waals surface area (Å²) in [4.78, 5) is 0. The zero-order valence-corrected chi connectivity index (χ0v) is 18.2. The molecule has 0 atom stereocenters. The van der Waals surface area contributed by atoms with Crippen LogP contribution in [-0.4, -0.2) is 40.8 Å². The molecule has 0 aliphatic carbocycles. The second-order valence-electron chi connectivity index (χ2n) is 4.32. The minimum Gasteiger partial charge on any atom is -0.665 e.